The summed E-state index contributed by atoms with van der Waals surface area (Å²) in [6, 6.07) is 19.4. The first kappa shape index (κ1) is 26.3. The normalized spacial score (nSPS) is 13.7. The van der Waals surface area contributed by atoms with E-state index in [1.165, 1.54) is 18.7 Å². The minimum atomic E-state index is 0.0279. The highest BCUT2D eigenvalue weighted by Gasteiger charge is 2.16. The van der Waals surface area contributed by atoms with Crippen LogP contribution < -0.4 is 15.6 Å². The molecular formula is C27H25Cl2N9O. The second-order valence-electron chi connectivity index (χ2n) is 8.73. The summed E-state index contributed by atoms with van der Waals surface area (Å²) >= 11 is 12.1. The zero-order valence-electron chi connectivity index (χ0n) is 20.8. The van der Waals surface area contributed by atoms with Crippen molar-refractivity contribution in [2.24, 2.45) is 15.3 Å². The molecule has 1 aromatic heterocycles. The first-order valence-electron chi connectivity index (χ1n) is 12.4. The molecule has 1 saturated heterocycles. The highest BCUT2D eigenvalue weighted by atomic mass is 35.5. The van der Waals surface area contributed by atoms with Gasteiger partial charge in [0.15, 0.2) is 0 Å². The summed E-state index contributed by atoms with van der Waals surface area (Å²) < 4.78 is 0. The number of hydrogen-bond donors (Lipinski definition) is 3. The Balaban J connectivity index is 1.34. The fourth-order valence-electron chi connectivity index (χ4n) is 3.90. The topological polar surface area (TPSA) is 123 Å². The number of nitrogens with one attached hydrogen (secondary N) is 2. The summed E-state index contributed by atoms with van der Waals surface area (Å²) in [4.78, 5) is 15.8. The Kier molecular flexibility index (Phi) is 8.45. The van der Waals surface area contributed by atoms with Crippen molar-refractivity contribution >= 4 is 64.3 Å². The molecule has 0 aliphatic carbocycles. The quantitative estimate of drug-likeness (QED) is 0.116. The molecule has 1 fully saturated rings. The van der Waals surface area contributed by atoms with Crippen LogP contribution in [0.4, 0.5) is 34.9 Å². The van der Waals surface area contributed by atoms with Crippen LogP contribution in [0.15, 0.2) is 82.1 Å². The highest BCUT2D eigenvalue weighted by molar-refractivity contribution is 6.36. The lowest BCUT2D eigenvalue weighted by molar-refractivity contribution is 0.474. The van der Waals surface area contributed by atoms with Gasteiger partial charge in [-0.25, -0.2) is 5.43 Å². The lowest BCUT2D eigenvalue weighted by atomic mass is 10.1. The molecule has 3 N–H and O–H groups in total. The molecule has 0 bridgehead atoms. The number of azo groups is 1. The molecule has 0 radical (unpaired) electrons. The van der Waals surface area contributed by atoms with Gasteiger partial charge in [0.25, 0.3) is 0 Å². The second kappa shape index (κ2) is 12.5. The molecule has 1 aliphatic rings. The number of phenolic OH excluding ortho intramolecular Hbond substituents is 1. The Bertz CT molecular complexity index is 1490. The number of phenols is 1. The van der Waals surface area contributed by atoms with Crippen molar-refractivity contribution in [3.63, 3.8) is 0 Å². The third kappa shape index (κ3) is 7.18. The maximum atomic E-state index is 10.3. The van der Waals surface area contributed by atoms with Crippen LogP contribution in [0, 0.1) is 0 Å². The number of anilines is 4. The molecule has 10 nitrogen and oxygen atoms in total. The van der Waals surface area contributed by atoms with Crippen molar-refractivity contribution in [3.05, 3.63) is 82.3 Å². The van der Waals surface area contributed by atoms with Crippen LogP contribution in [-0.4, -0.2) is 39.4 Å². The zero-order valence-corrected chi connectivity index (χ0v) is 22.3. The van der Waals surface area contributed by atoms with Crippen LogP contribution in [0.3, 0.4) is 0 Å². The molecule has 0 amide bonds. The lowest BCUT2D eigenvalue weighted by Crippen LogP contribution is -2.31. The molecule has 39 heavy (non-hydrogen) atoms. The van der Waals surface area contributed by atoms with Crippen LogP contribution in [0.2, 0.25) is 10.0 Å². The van der Waals surface area contributed by atoms with Gasteiger partial charge in [0.1, 0.15) is 11.4 Å². The minimum absolute atomic E-state index is 0.0279. The molecule has 0 saturated carbocycles. The van der Waals surface area contributed by atoms with Gasteiger partial charge in [-0.3, -0.25) is 0 Å². The average molecular weight is 562 g/mol. The predicted octanol–water partition coefficient (Wildman–Crippen LogP) is 7.48. The number of halogens is 2. The number of hydrogen-bond acceptors (Lipinski definition) is 10. The Hall–Kier alpha value is -4.28. The van der Waals surface area contributed by atoms with Gasteiger partial charge in [-0.05, 0) is 67.8 Å². The van der Waals surface area contributed by atoms with Crippen molar-refractivity contribution in [2.75, 3.05) is 28.7 Å². The van der Waals surface area contributed by atoms with Gasteiger partial charge in [-0.1, -0.05) is 41.4 Å². The maximum absolute atomic E-state index is 10.3. The number of para-hydroxylation sites is 1. The molecule has 4 aromatic rings. The van der Waals surface area contributed by atoms with Gasteiger partial charge in [-0.15, -0.1) is 5.11 Å². The Labute approximate surface area is 235 Å². The second-order valence-corrected chi connectivity index (χ2v) is 9.57. The summed E-state index contributed by atoms with van der Waals surface area (Å²) in [7, 11) is 0. The van der Waals surface area contributed by atoms with Crippen LogP contribution in [0.5, 0.6) is 5.75 Å². The highest BCUT2D eigenvalue weighted by Crippen LogP contribution is 2.30. The van der Waals surface area contributed by atoms with E-state index >= 15 is 0 Å². The monoisotopic (exact) mass is 561 g/mol. The first-order valence-corrected chi connectivity index (χ1v) is 13.1. The molecule has 2 heterocycles. The van der Waals surface area contributed by atoms with Crippen molar-refractivity contribution in [1.29, 1.82) is 0 Å². The van der Waals surface area contributed by atoms with Gasteiger partial charge >= 0.3 is 0 Å². The van der Waals surface area contributed by atoms with E-state index in [2.05, 4.69) is 45.9 Å². The van der Waals surface area contributed by atoms with E-state index in [1.54, 1.807) is 30.3 Å². The predicted molar refractivity (Wildman–Crippen MR) is 156 cm³/mol. The van der Waals surface area contributed by atoms with Crippen LogP contribution in [0.1, 0.15) is 24.8 Å². The third-order valence-electron chi connectivity index (χ3n) is 5.85. The molecule has 1 aliphatic heterocycles. The molecule has 0 unspecified atom stereocenters. The number of piperidine rings is 1. The average Bonchev–Trinajstić information content (AvgIpc) is 2.95. The summed E-state index contributed by atoms with van der Waals surface area (Å²) in [6.07, 6.45) is 4.83. The van der Waals surface area contributed by atoms with Crippen molar-refractivity contribution < 1.29 is 5.11 Å². The van der Waals surface area contributed by atoms with E-state index in [9.17, 15) is 5.11 Å². The fraction of sp³-hybridized carbons (Fsp3) is 0.185. The van der Waals surface area contributed by atoms with Gasteiger partial charge in [0.05, 0.1) is 16.9 Å². The van der Waals surface area contributed by atoms with E-state index < -0.39 is 0 Å². The van der Waals surface area contributed by atoms with E-state index in [-0.39, 0.29) is 11.7 Å². The number of rotatable bonds is 8. The van der Waals surface area contributed by atoms with Crippen molar-refractivity contribution in [3.8, 4) is 5.75 Å². The molecule has 12 heteroatoms. The van der Waals surface area contributed by atoms with Gasteiger partial charge in [0, 0.05) is 29.4 Å². The molecule has 5 rings (SSSR count). The fourth-order valence-corrected chi connectivity index (χ4v) is 4.34. The van der Waals surface area contributed by atoms with Crippen molar-refractivity contribution in [1.82, 2.24) is 15.0 Å². The van der Waals surface area contributed by atoms with Gasteiger partial charge in [-0.2, -0.15) is 25.2 Å². The Morgan fingerprint density at radius 1 is 0.846 bits per heavy atom. The smallest absolute Gasteiger partial charge is 0.250 e. The van der Waals surface area contributed by atoms with E-state index in [1.807, 2.05) is 30.3 Å². The number of hydrazone groups is 1. The van der Waals surface area contributed by atoms with Crippen LogP contribution in [-0.2, 0) is 0 Å². The van der Waals surface area contributed by atoms with E-state index in [0.29, 0.717) is 38.9 Å². The molecular weight excluding hydrogens is 537 g/mol. The van der Waals surface area contributed by atoms with E-state index in [0.717, 1.165) is 31.6 Å². The first-order chi connectivity index (χ1) is 19.0. The SMILES string of the molecule is Oc1ccc(N=Nc2ccc(Cl)cc2Cl)cc1/C=N\Nc1nc(Nc2ccccc2)nc(N2CCCCC2)n1. The summed E-state index contributed by atoms with van der Waals surface area (Å²) in [5, 5.41) is 27.1. The summed E-state index contributed by atoms with van der Waals surface area (Å²) in [5.74, 6) is 1.28. The number of benzene rings is 3. The van der Waals surface area contributed by atoms with Crippen LogP contribution >= 0.6 is 23.2 Å². The van der Waals surface area contributed by atoms with Gasteiger partial charge < -0.3 is 15.3 Å². The molecule has 3 aromatic carbocycles. The summed E-state index contributed by atoms with van der Waals surface area (Å²) in [5.41, 5.74) is 5.13. The van der Waals surface area contributed by atoms with E-state index in [4.69, 9.17) is 23.2 Å². The number of aromatic hydroxyl groups is 1. The standard InChI is InChI=1S/C27H25Cl2N9O/c28-19-9-11-23(22(29)16-19)36-35-21-10-12-24(39)18(15-21)17-30-37-26-32-25(31-20-7-3-1-4-8-20)33-27(34-26)38-13-5-2-6-14-38/h1,3-4,7-12,15-17,39H,2,5-6,13-14H2,(H2,31,32,33,34,37)/b30-17-,36-35?. The third-order valence-corrected chi connectivity index (χ3v) is 6.39. The molecule has 198 valence electrons. The molecule has 0 spiro atoms. The van der Waals surface area contributed by atoms with Crippen molar-refractivity contribution in [2.45, 2.75) is 19.3 Å². The van der Waals surface area contributed by atoms with Gasteiger partial charge in [0.2, 0.25) is 17.8 Å². The number of nitrogens with zero attached hydrogens (tertiary/aromatic N) is 7. The Morgan fingerprint density at radius 2 is 1.64 bits per heavy atom. The summed E-state index contributed by atoms with van der Waals surface area (Å²) in [6.45, 7) is 1.77. The Morgan fingerprint density at radius 3 is 2.44 bits per heavy atom. The molecule has 0 atom stereocenters. The van der Waals surface area contributed by atoms with Crippen LogP contribution in [0.25, 0.3) is 0 Å². The maximum Gasteiger partial charge on any atom is 0.250 e. The largest absolute Gasteiger partial charge is 0.507 e. The number of aromatic nitrogens is 3. The lowest BCUT2D eigenvalue weighted by Gasteiger charge is -2.26. The zero-order chi connectivity index (χ0) is 27.0. The minimum Gasteiger partial charge on any atom is -0.507 e.